The number of fused-ring (bicyclic) bond motifs is 1. The van der Waals surface area contributed by atoms with Gasteiger partial charge in [-0.3, -0.25) is 9.67 Å². The summed E-state index contributed by atoms with van der Waals surface area (Å²) in [5, 5.41) is 5.35. The number of ether oxygens (including phenoxy) is 1. The minimum Gasteiger partial charge on any atom is -0.379 e. The maximum Gasteiger partial charge on any atom is 0.244 e. The number of hydrogen-bond acceptors (Lipinski definition) is 5. The van der Waals surface area contributed by atoms with Gasteiger partial charge in [0.1, 0.15) is 4.90 Å². The van der Waals surface area contributed by atoms with Crippen LogP contribution in [-0.4, -0.2) is 42.4 Å². The van der Waals surface area contributed by atoms with Gasteiger partial charge in [0.2, 0.25) is 10.0 Å². The Kier molecular flexibility index (Phi) is 5.18. The van der Waals surface area contributed by atoms with Crippen LogP contribution in [0.3, 0.4) is 0 Å². The normalized spacial score (nSPS) is 20.1. The second kappa shape index (κ2) is 7.62. The highest BCUT2D eigenvalue weighted by Crippen LogP contribution is 2.25. The Hall–Kier alpha value is -2.29. The van der Waals surface area contributed by atoms with Crippen molar-refractivity contribution >= 4 is 20.9 Å². The van der Waals surface area contributed by atoms with Gasteiger partial charge >= 0.3 is 0 Å². The fraction of sp³-hybridized carbons (Fsp3) is 0.400. The quantitative estimate of drug-likeness (QED) is 0.686. The van der Waals surface area contributed by atoms with Crippen LogP contribution < -0.4 is 4.72 Å². The number of nitrogens with zero attached hydrogens (tertiary/aromatic N) is 3. The lowest BCUT2D eigenvalue weighted by Crippen LogP contribution is -2.40. The molecule has 1 N–H and O–H groups in total. The predicted octanol–water partition coefficient (Wildman–Crippen LogP) is 2.30. The van der Waals surface area contributed by atoms with Crippen LogP contribution in [0, 0.1) is 12.8 Å². The topological polar surface area (TPSA) is 86.1 Å². The van der Waals surface area contributed by atoms with Crippen LogP contribution in [0.5, 0.6) is 0 Å². The Morgan fingerprint density at radius 1 is 1.25 bits per heavy atom. The van der Waals surface area contributed by atoms with E-state index in [4.69, 9.17) is 4.74 Å². The van der Waals surface area contributed by atoms with Crippen molar-refractivity contribution in [2.75, 3.05) is 13.2 Å². The third-order valence-corrected chi connectivity index (χ3v) is 6.83. The van der Waals surface area contributed by atoms with Crippen LogP contribution in [0.2, 0.25) is 0 Å². The first-order chi connectivity index (χ1) is 13.5. The van der Waals surface area contributed by atoms with Gasteiger partial charge in [0.05, 0.1) is 30.5 Å². The Bertz CT molecular complexity index is 1090. The molecule has 1 aliphatic rings. The van der Waals surface area contributed by atoms with Crippen molar-refractivity contribution in [2.45, 2.75) is 37.8 Å². The standard InChI is InChI=1S/C20H24N4O3S/c1-3-24-11-20(14(2)22-24)28(25,26)23-19-13-27-12-16(19)10-15-8-9-21-18-7-5-4-6-17(15)18/h4-9,11,16,19,23H,3,10,12-13H2,1-2H3. The summed E-state index contributed by atoms with van der Waals surface area (Å²) in [6, 6.07) is 9.72. The lowest BCUT2D eigenvalue weighted by Gasteiger charge is -2.19. The van der Waals surface area contributed by atoms with E-state index in [2.05, 4.69) is 20.9 Å². The third-order valence-electron chi connectivity index (χ3n) is 5.24. The molecule has 7 nitrogen and oxygen atoms in total. The first kappa shape index (κ1) is 19.0. The van der Waals surface area contributed by atoms with Gasteiger partial charge in [-0.15, -0.1) is 0 Å². The fourth-order valence-corrected chi connectivity index (χ4v) is 5.21. The first-order valence-electron chi connectivity index (χ1n) is 9.44. The van der Waals surface area contributed by atoms with Crippen molar-refractivity contribution in [3.05, 3.63) is 54.0 Å². The second-order valence-corrected chi connectivity index (χ2v) is 8.83. The number of aromatic nitrogens is 3. The summed E-state index contributed by atoms with van der Waals surface area (Å²) in [7, 11) is -3.66. The van der Waals surface area contributed by atoms with E-state index in [9.17, 15) is 8.42 Å². The molecule has 0 amide bonds. The molecule has 2 aromatic heterocycles. The summed E-state index contributed by atoms with van der Waals surface area (Å²) in [5.41, 5.74) is 2.60. The van der Waals surface area contributed by atoms with Crippen LogP contribution in [0.4, 0.5) is 0 Å². The smallest absolute Gasteiger partial charge is 0.244 e. The van der Waals surface area contributed by atoms with Crippen LogP contribution >= 0.6 is 0 Å². The number of pyridine rings is 1. The van der Waals surface area contributed by atoms with Gasteiger partial charge in [-0.25, -0.2) is 13.1 Å². The minimum absolute atomic E-state index is 0.0575. The van der Waals surface area contributed by atoms with Crippen LogP contribution in [-0.2, 0) is 27.7 Å². The van der Waals surface area contributed by atoms with E-state index >= 15 is 0 Å². The molecule has 0 spiro atoms. The number of nitrogens with one attached hydrogen (secondary N) is 1. The average molecular weight is 401 g/mol. The number of benzene rings is 1. The van der Waals surface area contributed by atoms with E-state index in [1.54, 1.807) is 24.0 Å². The molecule has 1 saturated heterocycles. The maximum absolute atomic E-state index is 12.9. The highest BCUT2D eigenvalue weighted by Gasteiger charge is 2.33. The van der Waals surface area contributed by atoms with Crippen LogP contribution in [0.15, 0.2) is 47.6 Å². The summed E-state index contributed by atoms with van der Waals surface area (Å²) in [5.74, 6) is 0.0575. The molecule has 0 bridgehead atoms. The van der Waals surface area contributed by atoms with Crippen molar-refractivity contribution in [1.82, 2.24) is 19.5 Å². The Labute approximate surface area is 164 Å². The number of para-hydroxylation sites is 1. The molecule has 4 rings (SSSR count). The number of aryl methyl sites for hydroxylation is 2. The number of sulfonamides is 1. The SMILES string of the molecule is CCn1cc(S(=O)(=O)NC2COCC2Cc2ccnc3ccccc23)c(C)n1. The Balaban J connectivity index is 1.56. The molecular weight excluding hydrogens is 376 g/mol. The molecule has 0 radical (unpaired) electrons. The molecule has 3 aromatic rings. The first-order valence-corrected chi connectivity index (χ1v) is 10.9. The highest BCUT2D eigenvalue weighted by atomic mass is 32.2. The van der Waals surface area contributed by atoms with Gasteiger partial charge in [-0.05, 0) is 38.0 Å². The van der Waals surface area contributed by atoms with E-state index in [0.717, 1.165) is 22.9 Å². The largest absolute Gasteiger partial charge is 0.379 e. The second-order valence-electron chi connectivity index (χ2n) is 7.15. The van der Waals surface area contributed by atoms with Crippen molar-refractivity contribution < 1.29 is 13.2 Å². The summed E-state index contributed by atoms with van der Waals surface area (Å²) in [4.78, 5) is 4.63. The van der Waals surface area contributed by atoms with Crippen molar-refractivity contribution in [1.29, 1.82) is 0 Å². The monoisotopic (exact) mass is 400 g/mol. The summed E-state index contributed by atoms with van der Waals surface area (Å²) in [6.45, 7) is 5.16. The number of hydrogen-bond donors (Lipinski definition) is 1. The van der Waals surface area contributed by atoms with Gasteiger partial charge in [0, 0.05) is 30.2 Å². The molecule has 148 valence electrons. The molecule has 8 heteroatoms. The highest BCUT2D eigenvalue weighted by molar-refractivity contribution is 7.89. The van der Waals surface area contributed by atoms with Crippen LogP contribution in [0.25, 0.3) is 10.9 Å². The summed E-state index contributed by atoms with van der Waals surface area (Å²) >= 11 is 0. The van der Waals surface area contributed by atoms with Crippen molar-refractivity contribution in [3.63, 3.8) is 0 Å². The van der Waals surface area contributed by atoms with Gasteiger partial charge in [0.25, 0.3) is 0 Å². The maximum atomic E-state index is 12.9. The lowest BCUT2D eigenvalue weighted by molar-refractivity contribution is 0.183. The minimum atomic E-state index is -3.66. The zero-order valence-corrected chi connectivity index (χ0v) is 16.8. The molecule has 28 heavy (non-hydrogen) atoms. The molecule has 2 atom stereocenters. The fourth-order valence-electron chi connectivity index (χ4n) is 3.73. The van der Waals surface area contributed by atoms with E-state index in [1.165, 1.54) is 0 Å². The molecule has 2 unspecified atom stereocenters. The zero-order chi connectivity index (χ0) is 19.7. The van der Waals surface area contributed by atoms with Crippen molar-refractivity contribution in [2.24, 2.45) is 5.92 Å². The molecule has 1 aliphatic heterocycles. The summed E-state index contributed by atoms with van der Waals surface area (Å²) < 4.78 is 35.9. The number of rotatable bonds is 6. The van der Waals surface area contributed by atoms with E-state index < -0.39 is 10.0 Å². The average Bonchev–Trinajstić information content (AvgIpc) is 3.28. The van der Waals surface area contributed by atoms with Gasteiger partial charge in [0.15, 0.2) is 0 Å². The molecule has 3 heterocycles. The van der Waals surface area contributed by atoms with Gasteiger partial charge in [-0.2, -0.15) is 5.10 Å². The molecule has 1 aromatic carbocycles. The Morgan fingerprint density at radius 3 is 2.86 bits per heavy atom. The Morgan fingerprint density at radius 2 is 2.07 bits per heavy atom. The predicted molar refractivity (Wildman–Crippen MR) is 107 cm³/mol. The van der Waals surface area contributed by atoms with E-state index in [-0.39, 0.29) is 16.9 Å². The molecule has 1 fully saturated rings. The molecule has 0 saturated carbocycles. The van der Waals surface area contributed by atoms with Crippen LogP contribution in [0.1, 0.15) is 18.2 Å². The zero-order valence-electron chi connectivity index (χ0n) is 16.0. The third kappa shape index (κ3) is 3.67. The van der Waals surface area contributed by atoms with E-state index in [0.29, 0.717) is 25.5 Å². The van der Waals surface area contributed by atoms with Crippen molar-refractivity contribution in [3.8, 4) is 0 Å². The summed E-state index contributed by atoms with van der Waals surface area (Å²) in [6.07, 6.45) is 4.11. The van der Waals surface area contributed by atoms with Gasteiger partial charge in [-0.1, -0.05) is 18.2 Å². The lowest BCUT2D eigenvalue weighted by atomic mass is 9.93. The molecule has 0 aliphatic carbocycles. The molecular formula is C20H24N4O3S. The van der Waals surface area contributed by atoms with Gasteiger partial charge < -0.3 is 4.74 Å². The van der Waals surface area contributed by atoms with E-state index in [1.807, 2.05) is 31.2 Å².